The summed E-state index contributed by atoms with van der Waals surface area (Å²) in [5, 5.41) is 10.1. The van der Waals surface area contributed by atoms with Gasteiger partial charge < -0.3 is 4.57 Å². The van der Waals surface area contributed by atoms with E-state index in [2.05, 4.69) is 25.1 Å². The van der Waals surface area contributed by atoms with Gasteiger partial charge in [-0.3, -0.25) is 0 Å². The highest BCUT2D eigenvalue weighted by molar-refractivity contribution is 7.99. The molecule has 1 aromatic carbocycles. The van der Waals surface area contributed by atoms with Gasteiger partial charge in [0, 0.05) is 11.4 Å². The average Bonchev–Trinajstić information content (AvgIpc) is 2.72. The minimum Gasteiger partial charge on any atom is -0.328 e. The predicted octanol–water partition coefficient (Wildman–Crippen LogP) is 3.53. The van der Waals surface area contributed by atoms with Crippen molar-refractivity contribution in [1.29, 1.82) is 5.26 Å². The molecule has 3 heteroatoms. The summed E-state index contributed by atoms with van der Waals surface area (Å²) in [6.07, 6.45) is 0. The SMILES string of the molecule is CCn1c(C#N)ccc1Sc1ccccc1. The number of hydrogen-bond acceptors (Lipinski definition) is 2. The maximum atomic E-state index is 8.95. The number of nitrogens with zero attached hydrogens (tertiary/aromatic N) is 2. The number of aromatic nitrogens is 1. The number of nitriles is 1. The normalized spacial score (nSPS) is 10.0. The van der Waals surface area contributed by atoms with Crippen molar-refractivity contribution in [2.75, 3.05) is 0 Å². The summed E-state index contributed by atoms with van der Waals surface area (Å²) in [6.45, 7) is 2.88. The molecule has 0 radical (unpaired) electrons. The third kappa shape index (κ3) is 2.12. The van der Waals surface area contributed by atoms with Crippen LogP contribution < -0.4 is 0 Å². The van der Waals surface area contributed by atoms with Gasteiger partial charge in [-0.2, -0.15) is 5.26 Å². The molecule has 80 valence electrons. The van der Waals surface area contributed by atoms with E-state index in [4.69, 9.17) is 5.26 Å². The van der Waals surface area contributed by atoms with Crippen LogP contribution in [-0.4, -0.2) is 4.57 Å². The fourth-order valence-corrected chi connectivity index (χ4v) is 2.58. The smallest absolute Gasteiger partial charge is 0.121 e. The highest BCUT2D eigenvalue weighted by Gasteiger charge is 2.06. The van der Waals surface area contributed by atoms with Crippen LogP contribution in [0.1, 0.15) is 12.6 Å². The lowest BCUT2D eigenvalue weighted by Crippen LogP contribution is -1.98. The Balaban J connectivity index is 2.29. The zero-order valence-corrected chi connectivity index (χ0v) is 9.87. The van der Waals surface area contributed by atoms with Crippen LogP contribution in [0.5, 0.6) is 0 Å². The second-order valence-corrected chi connectivity index (χ2v) is 4.42. The molecule has 0 amide bonds. The van der Waals surface area contributed by atoms with Crippen molar-refractivity contribution in [2.45, 2.75) is 23.4 Å². The monoisotopic (exact) mass is 228 g/mol. The summed E-state index contributed by atoms with van der Waals surface area (Å²) >= 11 is 1.69. The lowest BCUT2D eigenvalue weighted by Gasteiger charge is -2.06. The van der Waals surface area contributed by atoms with E-state index in [-0.39, 0.29) is 0 Å². The average molecular weight is 228 g/mol. The van der Waals surface area contributed by atoms with Crippen LogP contribution in [0.4, 0.5) is 0 Å². The van der Waals surface area contributed by atoms with Gasteiger partial charge in [0.1, 0.15) is 11.8 Å². The lowest BCUT2D eigenvalue weighted by atomic mass is 10.4. The molecule has 2 rings (SSSR count). The number of benzene rings is 1. The minimum absolute atomic E-state index is 0.723. The maximum Gasteiger partial charge on any atom is 0.121 e. The molecule has 2 nitrogen and oxygen atoms in total. The highest BCUT2D eigenvalue weighted by atomic mass is 32.2. The van der Waals surface area contributed by atoms with Gasteiger partial charge in [-0.25, -0.2) is 0 Å². The van der Waals surface area contributed by atoms with Gasteiger partial charge in [-0.15, -0.1) is 0 Å². The molecule has 1 aromatic heterocycles. The van der Waals surface area contributed by atoms with Crippen molar-refractivity contribution >= 4 is 11.8 Å². The molecule has 0 saturated carbocycles. The van der Waals surface area contributed by atoms with E-state index in [9.17, 15) is 0 Å². The predicted molar refractivity (Wildman–Crippen MR) is 65.4 cm³/mol. The maximum absolute atomic E-state index is 8.95. The number of rotatable bonds is 3. The van der Waals surface area contributed by atoms with E-state index in [0.29, 0.717) is 0 Å². The van der Waals surface area contributed by atoms with Crippen LogP contribution >= 0.6 is 11.8 Å². The molecule has 0 bridgehead atoms. The largest absolute Gasteiger partial charge is 0.328 e. The Hall–Kier alpha value is -1.66. The van der Waals surface area contributed by atoms with Gasteiger partial charge in [-0.05, 0) is 31.2 Å². The van der Waals surface area contributed by atoms with E-state index in [0.717, 1.165) is 17.3 Å². The van der Waals surface area contributed by atoms with E-state index < -0.39 is 0 Å². The van der Waals surface area contributed by atoms with Gasteiger partial charge in [0.25, 0.3) is 0 Å². The first-order valence-electron chi connectivity index (χ1n) is 5.17. The molecule has 0 aliphatic heterocycles. The standard InChI is InChI=1S/C13H12N2S/c1-2-15-11(10-14)8-9-13(15)16-12-6-4-3-5-7-12/h3-9H,2H2,1H3. The van der Waals surface area contributed by atoms with E-state index in [1.807, 2.05) is 34.9 Å². The topological polar surface area (TPSA) is 28.7 Å². The first-order chi connectivity index (χ1) is 7.85. The Bertz CT molecular complexity index is 508. The Kier molecular flexibility index (Phi) is 3.33. The second kappa shape index (κ2) is 4.91. The molecule has 0 N–H and O–H groups in total. The van der Waals surface area contributed by atoms with Crippen molar-refractivity contribution < 1.29 is 0 Å². The van der Waals surface area contributed by atoms with E-state index in [1.54, 1.807) is 11.8 Å². The molecule has 1 heterocycles. The van der Waals surface area contributed by atoms with Crippen molar-refractivity contribution in [3.63, 3.8) is 0 Å². The minimum atomic E-state index is 0.723. The van der Waals surface area contributed by atoms with Crippen molar-refractivity contribution in [3.8, 4) is 6.07 Å². The second-order valence-electron chi connectivity index (χ2n) is 3.33. The summed E-state index contributed by atoms with van der Waals surface area (Å²) in [4.78, 5) is 1.19. The molecule has 16 heavy (non-hydrogen) atoms. The molecular formula is C13H12N2S. The number of hydrogen-bond donors (Lipinski definition) is 0. The summed E-state index contributed by atoms with van der Waals surface area (Å²) in [6, 6.07) is 16.3. The van der Waals surface area contributed by atoms with Crippen LogP contribution in [0.15, 0.2) is 52.4 Å². The van der Waals surface area contributed by atoms with Gasteiger partial charge in [0.15, 0.2) is 0 Å². The first-order valence-corrected chi connectivity index (χ1v) is 5.99. The van der Waals surface area contributed by atoms with Crippen LogP contribution in [0, 0.1) is 11.3 Å². The zero-order valence-electron chi connectivity index (χ0n) is 9.05. The van der Waals surface area contributed by atoms with E-state index in [1.165, 1.54) is 4.90 Å². The van der Waals surface area contributed by atoms with Crippen LogP contribution in [0.3, 0.4) is 0 Å². The first kappa shape index (κ1) is 10.8. The molecule has 0 atom stereocenters. The molecule has 2 aromatic rings. The van der Waals surface area contributed by atoms with Crippen LogP contribution in [-0.2, 0) is 6.54 Å². The fraction of sp³-hybridized carbons (Fsp3) is 0.154. The van der Waals surface area contributed by atoms with Gasteiger partial charge in [-0.1, -0.05) is 30.0 Å². The molecule has 0 unspecified atom stereocenters. The lowest BCUT2D eigenvalue weighted by molar-refractivity contribution is 0.694. The molecule has 0 aliphatic carbocycles. The summed E-state index contributed by atoms with van der Waals surface area (Å²) in [5.41, 5.74) is 0.723. The summed E-state index contributed by atoms with van der Waals surface area (Å²) in [7, 11) is 0. The zero-order chi connectivity index (χ0) is 11.4. The Morgan fingerprint density at radius 1 is 1.19 bits per heavy atom. The Morgan fingerprint density at radius 2 is 1.94 bits per heavy atom. The molecule has 0 fully saturated rings. The Labute approximate surface area is 99.5 Å². The summed E-state index contributed by atoms with van der Waals surface area (Å²) in [5.74, 6) is 0. The van der Waals surface area contributed by atoms with Gasteiger partial charge in [0.2, 0.25) is 0 Å². The van der Waals surface area contributed by atoms with E-state index >= 15 is 0 Å². The van der Waals surface area contributed by atoms with Gasteiger partial charge >= 0.3 is 0 Å². The highest BCUT2D eigenvalue weighted by Crippen LogP contribution is 2.28. The fourth-order valence-electron chi connectivity index (χ4n) is 1.57. The third-order valence-electron chi connectivity index (χ3n) is 2.34. The third-order valence-corrected chi connectivity index (χ3v) is 3.41. The van der Waals surface area contributed by atoms with Crippen molar-refractivity contribution in [1.82, 2.24) is 4.57 Å². The Morgan fingerprint density at radius 3 is 2.56 bits per heavy atom. The summed E-state index contributed by atoms with van der Waals surface area (Å²) < 4.78 is 2.03. The molecule has 0 aliphatic rings. The van der Waals surface area contributed by atoms with Crippen molar-refractivity contribution in [3.05, 3.63) is 48.2 Å². The van der Waals surface area contributed by atoms with Gasteiger partial charge in [0.05, 0.1) is 5.03 Å². The molecule has 0 saturated heterocycles. The van der Waals surface area contributed by atoms with Crippen LogP contribution in [0.25, 0.3) is 0 Å². The quantitative estimate of drug-likeness (QED) is 0.804. The van der Waals surface area contributed by atoms with Crippen LogP contribution in [0.2, 0.25) is 0 Å². The molecule has 0 spiro atoms. The van der Waals surface area contributed by atoms with Crippen molar-refractivity contribution in [2.24, 2.45) is 0 Å². The molecular weight excluding hydrogens is 216 g/mol.